The molecule has 0 bridgehead atoms. The Morgan fingerprint density at radius 1 is 1.10 bits per heavy atom. The summed E-state index contributed by atoms with van der Waals surface area (Å²) in [7, 11) is 0. The topological polar surface area (TPSA) is 38.3 Å². The van der Waals surface area contributed by atoms with Crippen LogP contribution in [0, 0.1) is 6.92 Å². The second-order valence-corrected chi connectivity index (χ2v) is 5.08. The van der Waals surface area contributed by atoms with Gasteiger partial charge < -0.3 is 10.1 Å². The molecule has 110 valence electrons. The van der Waals surface area contributed by atoms with E-state index in [2.05, 4.69) is 5.32 Å². The smallest absolute Gasteiger partial charge is 0.249 e. The molecule has 1 N–H and O–H groups in total. The van der Waals surface area contributed by atoms with E-state index in [4.69, 9.17) is 4.74 Å². The number of hydrogen-bond acceptors (Lipinski definition) is 2. The van der Waals surface area contributed by atoms with Crippen LogP contribution in [0.25, 0.3) is 0 Å². The van der Waals surface area contributed by atoms with Gasteiger partial charge in [-0.25, -0.2) is 0 Å². The number of amides is 1. The summed E-state index contributed by atoms with van der Waals surface area (Å²) in [6.07, 6.45) is -0.464. The first-order valence-corrected chi connectivity index (χ1v) is 7.14. The summed E-state index contributed by atoms with van der Waals surface area (Å²) >= 11 is 0. The Bertz CT molecular complexity index is 581. The van der Waals surface area contributed by atoms with Gasteiger partial charge in [0.2, 0.25) is 5.91 Å². The van der Waals surface area contributed by atoms with Gasteiger partial charge in [0.1, 0.15) is 6.10 Å². The summed E-state index contributed by atoms with van der Waals surface area (Å²) in [5, 5.41) is 2.91. The molecule has 0 aromatic heterocycles. The molecule has 0 saturated heterocycles. The summed E-state index contributed by atoms with van der Waals surface area (Å²) in [6.45, 7) is 4.79. The Labute approximate surface area is 126 Å². The van der Waals surface area contributed by atoms with Crippen molar-refractivity contribution in [2.24, 2.45) is 0 Å². The van der Waals surface area contributed by atoms with Crippen molar-refractivity contribution >= 4 is 5.91 Å². The summed E-state index contributed by atoms with van der Waals surface area (Å²) in [6, 6.07) is 17.9. The number of rotatable bonds is 6. The molecule has 3 nitrogen and oxygen atoms in total. The van der Waals surface area contributed by atoms with Crippen LogP contribution in [-0.4, -0.2) is 12.0 Å². The van der Waals surface area contributed by atoms with Gasteiger partial charge in [0, 0.05) is 6.54 Å². The number of benzene rings is 2. The third-order valence-corrected chi connectivity index (χ3v) is 3.43. The largest absolute Gasteiger partial charge is 0.364 e. The van der Waals surface area contributed by atoms with Crippen molar-refractivity contribution in [3.8, 4) is 0 Å². The molecule has 2 aromatic carbocycles. The number of carbonyl (C=O) groups is 1. The average molecular weight is 283 g/mol. The highest BCUT2D eigenvalue weighted by Gasteiger charge is 2.13. The molecule has 0 aliphatic heterocycles. The van der Waals surface area contributed by atoms with Crippen LogP contribution in [0.15, 0.2) is 54.6 Å². The number of nitrogens with one attached hydrogen (secondary N) is 1. The van der Waals surface area contributed by atoms with Crippen LogP contribution in [0.3, 0.4) is 0 Å². The van der Waals surface area contributed by atoms with Crippen molar-refractivity contribution in [3.05, 3.63) is 71.3 Å². The molecule has 21 heavy (non-hydrogen) atoms. The lowest BCUT2D eigenvalue weighted by atomic mass is 10.1. The lowest BCUT2D eigenvalue weighted by Crippen LogP contribution is -2.34. The molecule has 3 heteroatoms. The minimum Gasteiger partial charge on any atom is -0.364 e. The normalized spacial score (nSPS) is 11.9. The first-order chi connectivity index (χ1) is 10.2. The number of aryl methyl sites for hydroxylation is 1. The third-order valence-electron chi connectivity index (χ3n) is 3.43. The van der Waals surface area contributed by atoms with Crippen LogP contribution < -0.4 is 5.32 Å². The predicted octanol–water partition coefficient (Wildman–Crippen LogP) is 3.22. The van der Waals surface area contributed by atoms with Crippen molar-refractivity contribution in [3.63, 3.8) is 0 Å². The molecule has 0 saturated carbocycles. The summed E-state index contributed by atoms with van der Waals surface area (Å²) in [5.41, 5.74) is 3.37. The Morgan fingerprint density at radius 2 is 1.76 bits per heavy atom. The zero-order valence-corrected chi connectivity index (χ0v) is 12.5. The fraction of sp³-hybridized carbons (Fsp3) is 0.278. The fourth-order valence-corrected chi connectivity index (χ4v) is 2.01. The zero-order valence-electron chi connectivity index (χ0n) is 12.5. The Hall–Kier alpha value is -2.13. The third kappa shape index (κ3) is 4.72. The van der Waals surface area contributed by atoms with E-state index in [9.17, 15) is 4.79 Å². The molecule has 1 amide bonds. The van der Waals surface area contributed by atoms with Gasteiger partial charge in [-0.2, -0.15) is 0 Å². The van der Waals surface area contributed by atoms with E-state index in [1.54, 1.807) is 6.92 Å². The van der Waals surface area contributed by atoms with Crippen molar-refractivity contribution in [2.45, 2.75) is 33.1 Å². The monoisotopic (exact) mass is 283 g/mol. The summed E-state index contributed by atoms with van der Waals surface area (Å²) in [5.74, 6) is -0.0887. The Kier molecular flexibility index (Phi) is 5.52. The molecule has 2 rings (SSSR count). The van der Waals surface area contributed by atoms with Crippen molar-refractivity contribution in [1.82, 2.24) is 5.32 Å². The molecule has 1 atom stereocenters. The van der Waals surface area contributed by atoms with Gasteiger partial charge in [0.25, 0.3) is 0 Å². The summed E-state index contributed by atoms with van der Waals surface area (Å²) < 4.78 is 5.60. The van der Waals surface area contributed by atoms with Crippen molar-refractivity contribution in [1.29, 1.82) is 0 Å². The second-order valence-electron chi connectivity index (χ2n) is 5.08. The molecule has 0 aliphatic rings. The molecule has 2 aromatic rings. The Morgan fingerprint density at radius 3 is 2.48 bits per heavy atom. The minimum atomic E-state index is -0.464. The molecular weight excluding hydrogens is 262 g/mol. The number of ether oxygens (including phenoxy) is 1. The van der Waals surface area contributed by atoms with E-state index >= 15 is 0 Å². The first kappa shape index (κ1) is 15.3. The van der Waals surface area contributed by atoms with E-state index in [1.807, 2.05) is 61.5 Å². The van der Waals surface area contributed by atoms with Gasteiger partial charge in [-0.3, -0.25) is 4.79 Å². The second kappa shape index (κ2) is 7.60. The molecule has 0 heterocycles. The number of hydrogen-bond donors (Lipinski definition) is 1. The quantitative estimate of drug-likeness (QED) is 0.884. The fourth-order valence-electron chi connectivity index (χ4n) is 2.01. The Balaban J connectivity index is 1.79. The molecule has 1 unspecified atom stereocenters. The maximum Gasteiger partial charge on any atom is 0.249 e. The van der Waals surface area contributed by atoms with E-state index in [0.717, 1.165) is 11.1 Å². The molecule has 0 fully saturated rings. The van der Waals surface area contributed by atoms with Gasteiger partial charge >= 0.3 is 0 Å². The van der Waals surface area contributed by atoms with Crippen LogP contribution in [-0.2, 0) is 22.7 Å². The highest BCUT2D eigenvalue weighted by atomic mass is 16.5. The zero-order chi connectivity index (χ0) is 15.1. The van der Waals surface area contributed by atoms with E-state index in [1.165, 1.54) is 5.56 Å². The van der Waals surface area contributed by atoms with Gasteiger partial charge in [0.15, 0.2) is 0 Å². The highest BCUT2D eigenvalue weighted by molar-refractivity contribution is 5.80. The summed E-state index contributed by atoms with van der Waals surface area (Å²) in [4.78, 5) is 12.0. The first-order valence-electron chi connectivity index (χ1n) is 7.14. The maximum atomic E-state index is 12.0. The van der Waals surface area contributed by atoms with E-state index < -0.39 is 6.10 Å². The molecule has 0 aliphatic carbocycles. The molecular formula is C18H21NO2. The average Bonchev–Trinajstić information content (AvgIpc) is 2.52. The van der Waals surface area contributed by atoms with Crippen molar-refractivity contribution < 1.29 is 9.53 Å². The van der Waals surface area contributed by atoms with Crippen LogP contribution >= 0.6 is 0 Å². The number of carbonyl (C=O) groups excluding carboxylic acids is 1. The van der Waals surface area contributed by atoms with Crippen LogP contribution in [0.4, 0.5) is 0 Å². The van der Waals surface area contributed by atoms with Crippen molar-refractivity contribution in [2.75, 3.05) is 0 Å². The van der Waals surface area contributed by atoms with Crippen LogP contribution in [0.1, 0.15) is 23.6 Å². The van der Waals surface area contributed by atoms with Gasteiger partial charge in [-0.15, -0.1) is 0 Å². The van der Waals surface area contributed by atoms with Crippen LogP contribution in [0.2, 0.25) is 0 Å². The standard InChI is InChI=1S/C18H21NO2/c1-14-8-6-7-11-17(14)12-19-18(20)15(2)21-13-16-9-4-3-5-10-16/h3-11,15H,12-13H2,1-2H3,(H,19,20). The highest BCUT2D eigenvalue weighted by Crippen LogP contribution is 2.07. The minimum absolute atomic E-state index is 0.0887. The molecule has 0 radical (unpaired) electrons. The maximum absolute atomic E-state index is 12.0. The van der Waals surface area contributed by atoms with Crippen LogP contribution in [0.5, 0.6) is 0 Å². The van der Waals surface area contributed by atoms with Gasteiger partial charge in [-0.05, 0) is 30.5 Å². The lowest BCUT2D eigenvalue weighted by Gasteiger charge is -2.14. The SMILES string of the molecule is Cc1ccccc1CNC(=O)C(C)OCc1ccccc1. The van der Waals surface area contributed by atoms with E-state index in [-0.39, 0.29) is 5.91 Å². The molecule has 0 spiro atoms. The van der Waals surface area contributed by atoms with E-state index in [0.29, 0.717) is 13.2 Å². The van der Waals surface area contributed by atoms with Gasteiger partial charge in [0.05, 0.1) is 6.61 Å². The predicted molar refractivity (Wildman–Crippen MR) is 83.7 cm³/mol. The lowest BCUT2D eigenvalue weighted by molar-refractivity contribution is -0.132. The van der Waals surface area contributed by atoms with Gasteiger partial charge in [-0.1, -0.05) is 54.6 Å².